The van der Waals surface area contributed by atoms with Crippen molar-refractivity contribution >= 4 is 11.8 Å². The van der Waals surface area contributed by atoms with Gasteiger partial charge in [-0.2, -0.15) is 0 Å². The number of methoxy groups -OCH3 is 1. The summed E-state index contributed by atoms with van der Waals surface area (Å²) in [5, 5.41) is 12.2. The summed E-state index contributed by atoms with van der Waals surface area (Å²) >= 11 is 1.68. The molecule has 0 aliphatic carbocycles. The Bertz CT molecular complexity index is 344. The largest absolute Gasteiger partial charge is 0.496 e. The molecule has 0 aliphatic rings. The molecule has 1 atom stereocenters. The number of benzene rings is 1. The summed E-state index contributed by atoms with van der Waals surface area (Å²) in [5.74, 6) is 0.923. The van der Waals surface area contributed by atoms with Gasteiger partial charge in [-0.05, 0) is 37.3 Å². The number of aliphatic hydroxyl groups excluding tert-OH is 1. The molecule has 1 aromatic rings. The van der Waals surface area contributed by atoms with Gasteiger partial charge in [-0.3, -0.25) is 0 Å². The number of ether oxygens (including phenoxy) is 1. The molecule has 0 bridgehead atoms. The van der Waals surface area contributed by atoms with Crippen molar-refractivity contribution in [1.82, 2.24) is 5.32 Å². The molecule has 0 fully saturated rings. The molecule has 0 saturated carbocycles. The van der Waals surface area contributed by atoms with Crippen LogP contribution in [0.2, 0.25) is 0 Å². The number of aliphatic hydroxyl groups is 1. The van der Waals surface area contributed by atoms with Crippen LogP contribution in [-0.4, -0.2) is 31.1 Å². The van der Waals surface area contributed by atoms with Crippen molar-refractivity contribution in [2.24, 2.45) is 0 Å². The van der Waals surface area contributed by atoms with Gasteiger partial charge in [0.2, 0.25) is 0 Å². The standard InChI is InChI=1S/C13H21NO2S/c1-10(6-7-15)14-9-11-4-5-13(17-3)12(8-11)16-2/h4-5,8,10,14-15H,6-7,9H2,1-3H3. The summed E-state index contributed by atoms with van der Waals surface area (Å²) in [6, 6.07) is 6.57. The first-order chi connectivity index (χ1) is 8.21. The lowest BCUT2D eigenvalue weighted by Gasteiger charge is -2.13. The van der Waals surface area contributed by atoms with Crippen molar-refractivity contribution in [2.45, 2.75) is 30.8 Å². The molecule has 0 aromatic heterocycles. The third-order valence-corrected chi connectivity index (χ3v) is 3.44. The van der Waals surface area contributed by atoms with Gasteiger partial charge in [-0.15, -0.1) is 11.8 Å². The highest BCUT2D eigenvalue weighted by atomic mass is 32.2. The van der Waals surface area contributed by atoms with E-state index in [0.29, 0.717) is 6.04 Å². The number of hydrogen-bond donors (Lipinski definition) is 2. The summed E-state index contributed by atoms with van der Waals surface area (Å²) in [6.07, 6.45) is 2.82. The maximum absolute atomic E-state index is 8.82. The molecule has 2 N–H and O–H groups in total. The maximum Gasteiger partial charge on any atom is 0.132 e. The lowest BCUT2D eigenvalue weighted by Crippen LogP contribution is -2.26. The van der Waals surface area contributed by atoms with E-state index in [4.69, 9.17) is 9.84 Å². The Labute approximate surface area is 108 Å². The number of nitrogens with one attached hydrogen (secondary N) is 1. The molecular formula is C13H21NO2S. The van der Waals surface area contributed by atoms with Crippen molar-refractivity contribution in [1.29, 1.82) is 0 Å². The van der Waals surface area contributed by atoms with Crippen molar-refractivity contribution in [2.75, 3.05) is 20.0 Å². The fourth-order valence-electron chi connectivity index (χ4n) is 1.58. The summed E-state index contributed by atoms with van der Waals surface area (Å²) in [7, 11) is 1.70. The second kappa shape index (κ2) is 7.58. The van der Waals surface area contributed by atoms with E-state index in [9.17, 15) is 0 Å². The number of rotatable bonds is 7. The molecule has 0 spiro atoms. The quantitative estimate of drug-likeness (QED) is 0.734. The molecule has 3 nitrogen and oxygen atoms in total. The topological polar surface area (TPSA) is 41.5 Å². The third-order valence-electron chi connectivity index (χ3n) is 2.66. The van der Waals surface area contributed by atoms with Crippen LogP contribution in [0.4, 0.5) is 0 Å². The zero-order valence-electron chi connectivity index (χ0n) is 10.7. The zero-order chi connectivity index (χ0) is 12.7. The lowest BCUT2D eigenvalue weighted by atomic mass is 10.2. The van der Waals surface area contributed by atoms with Crippen LogP contribution in [0.3, 0.4) is 0 Å². The van der Waals surface area contributed by atoms with Crippen molar-refractivity contribution < 1.29 is 9.84 Å². The first kappa shape index (κ1) is 14.4. The van der Waals surface area contributed by atoms with Gasteiger partial charge in [-0.25, -0.2) is 0 Å². The molecule has 0 saturated heterocycles. The van der Waals surface area contributed by atoms with Crippen LogP contribution in [0, 0.1) is 0 Å². The van der Waals surface area contributed by atoms with Gasteiger partial charge in [0.05, 0.1) is 7.11 Å². The highest BCUT2D eigenvalue weighted by molar-refractivity contribution is 7.98. The second-order valence-electron chi connectivity index (χ2n) is 3.98. The van der Waals surface area contributed by atoms with E-state index >= 15 is 0 Å². The Morgan fingerprint density at radius 2 is 2.24 bits per heavy atom. The smallest absolute Gasteiger partial charge is 0.132 e. The molecular weight excluding hydrogens is 234 g/mol. The van der Waals surface area contributed by atoms with Crippen LogP contribution in [0.5, 0.6) is 5.75 Å². The van der Waals surface area contributed by atoms with Crippen LogP contribution in [0.1, 0.15) is 18.9 Å². The van der Waals surface area contributed by atoms with Gasteiger partial charge in [0.15, 0.2) is 0 Å². The van der Waals surface area contributed by atoms with Crippen LogP contribution < -0.4 is 10.1 Å². The fourth-order valence-corrected chi connectivity index (χ4v) is 2.13. The summed E-state index contributed by atoms with van der Waals surface area (Å²) in [6.45, 7) is 3.10. The zero-order valence-corrected chi connectivity index (χ0v) is 11.5. The highest BCUT2D eigenvalue weighted by Gasteiger charge is 2.05. The number of hydrogen-bond acceptors (Lipinski definition) is 4. The van der Waals surface area contributed by atoms with Gasteiger partial charge >= 0.3 is 0 Å². The van der Waals surface area contributed by atoms with Crippen LogP contribution >= 0.6 is 11.8 Å². The van der Waals surface area contributed by atoms with Crippen molar-refractivity contribution in [3.05, 3.63) is 23.8 Å². The minimum atomic E-state index is 0.225. The molecule has 0 heterocycles. The molecule has 0 aliphatic heterocycles. The minimum Gasteiger partial charge on any atom is -0.496 e. The van der Waals surface area contributed by atoms with Gasteiger partial charge in [0, 0.05) is 24.1 Å². The predicted molar refractivity (Wildman–Crippen MR) is 72.8 cm³/mol. The average Bonchev–Trinajstić information content (AvgIpc) is 2.36. The lowest BCUT2D eigenvalue weighted by molar-refractivity contribution is 0.268. The van der Waals surface area contributed by atoms with E-state index in [1.54, 1.807) is 18.9 Å². The van der Waals surface area contributed by atoms with Crippen molar-refractivity contribution in [3.63, 3.8) is 0 Å². The Balaban J connectivity index is 2.60. The van der Waals surface area contributed by atoms with Gasteiger partial charge in [-0.1, -0.05) is 6.07 Å². The molecule has 17 heavy (non-hydrogen) atoms. The normalized spacial score (nSPS) is 12.5. The molecule has 4 heteroatoms. The Hall–Kier alpha value is -0.710. The Morgan fingerprint density at radius 3 is 2.82 bits per heavy atom. The second-order valence-corrected chi connectivity index (χ2v) is 4.83. The van der Waals surface area contributed by atoms with E-state index < -0.39 is 0 Å². The Kier molecular flexibility index (Phi) is 6.40. The first-order valence-corrected chi connectivity index (χ1v) is 6.99. The van der Waals surface area contributed by atoms with Crippen LogP contribution in [0.15, 0.2) is 23.1 Å². The van der Waals surface area contributed by atoms with E-state index in [1.807, 2.05) is 6.26 Å². The molecule has 1 unspecified atom stereocenters. The highest BCUT2D eigenvalue weighted by Crippen LogP contribution is 2.28. The molecule has 1 rings (SSSR count). The van der Waals surface area contributed by atoms with Crippen molar-refractivity contribution in [3.8, 4) is 5.75 Å². The van der Waals surface area contributed by atoms with Gasteiger partial charge in [0.1, 0.15) is 5.75 Å². The molecule has 1 aromatic carbocycles. The monoisotopic (exact) mass is 255 g/mol. The Morgan fingerprint density at radius 1 is 1.47 bits per heavy atom. The molecule has 0 radical (unpaired) electrons. The third kappa shape index (κ3) is 4.58. The summed E-state index contributed by atoms with van der Waals surface area (Å²) < 4.78 is 5.34. The fraction of sp³-hybridized carbons (Fsp3) is 0.538. The minimum absolute atomic E-state index is 0.225. The maximum atomic E-state index is 8.82. The predicted octanol–water partition coefficient (Wildman–Crippen LogP) is 2.28. The molecule has 96 valence electrons. The van der Waals surface area contributed by atoms with Gasteiger partial charge in [0.25, 0.3) is 0 Å². The number of thioether (sulfide) groups is 1. The van der Waals surface area contributed by atoms with E-state index in [-0.39, 0.29) is 6.61 Å². The van der Waals surface area contributed by atoms with Crippen LogP contribution in [-0.2, 0) is 6.54 Å². The SMILES string of the molecule is COc1cc(CNC(C)CCO)ccc1SC. The molecule has 0 amide bonds. The van der Waals surface area contributed by atoms with Gasteiger partial charge < -0.3 is 15.2 Å². The summed E-state index contributed by atoms with van der Waals surface area (Å²) in [4.78, 5) is 1.15. The average molecular weight is 255 g/mol. The first-order valence-electron chi connectivity index (χ1n) is 5.76. The van der Waals surface area contributed by atoms with E-state index in [2.05, 4.69) is 30.4 Å². The van der Waals surface area contributed by atoms with Crippen LogP contribution in [0.25, 0.3) is 0 Å². The van der Waals surface area contributed by atoms with E-state index in [1.165, 1.54) is 5.56 Å². The van der Waals surface area contributed by atoms with E-state index in [0.717, 1.165) is 23.6 Å². The summed E-state index contributed by atoms with van der Waals surface area (Å²) in [5.41, 5.74) is 1.20.